The Hall–Kier alpha value is -0.760. The topological polar surface area (TPSA) is 66.8 Å². The molecule has 0 atom stereocenters. The van der Waals surface area contributed by atoms with Crippen molar-refractivity contribution in [3.63, 3.8) is 0 Å². The van der Waals surface area contributed by atoms with Crippen molar-refractivity contribution in [3.8, 4) is 5.75 Å². The van der Waals surface area contributed by atoms with E-state index in [1.165, 1.54) is 23.5 Å². The molecule has 1 aromatic carbocycles. The molecule has 0 bridgehead atoms. The fraction of sp³-hybridized carbons (Fsp3) is 0.571. The summed E-state index contributed by atoms with van der Waals surface area (Å²) in [6, 6.07) is 4.60. The summed E-state index contributed by atoms with van der Waals surface area (Å²) in [5, 5.41) is 9.34. The first-order chi connectivity index (χ1) is 9.80. The van der Waals surface area contributed by atoms with Gasteiger partial charge < -0.3 is 9.84 Å². The molecule has 0 radical (unpaired) electrons. The second-order valence-corrected chi connectivity index (χ2v) is 9.32. The smallest absolute Gasteiger partial charge is 0.243 e. The van der Waals surface area contributed by atoms with Gasteiger partial charge in [0.1, 0.15) is 5.75 Å². The van der Waals surface area contributed by atoms with E-state index in [1.807, 2.05) is 13.8 Å². The molecule has 1 N–H and O–H groups in total. The predicted octanol–water partition coefficient (Wildman–Crippen LogP) is 1.70. The summed E-state index contributed by atoms with van der Waals surface area (Å²) in [7, 11) is -2.04. The first kappa shape index (κ1) is 16.6. The van der Waals surface area contributed by atoms with Gasteiger partial charge in [-0.1, -0.05) is 0 Å². The monoisotopic (exact) mass is 331 g/mol. The SMILES string of the molecule is COc1ccc(S(=O)(=O)N2CCSC(C)(C)C2)cc1CO. The first-order valence-corrected chi connectivity index (χ1v) is 9.14. The van der Waals surface area contributed by atoms with Crippen LogP contribution in [0, 0.1) is 0 Å². The third-order valence-corrected chi connectivity index (χ3v) is 6.59. The van der Waals surface area contributed by atoms with Gasteiger partial charge >= 0.3 is 0 Å². The highest BCUT2D eigenvalue weighted by Gasteiger charge is 2.34. The highest BCUT2D eigenvalue weighted by atomic mass is 32.2. The van der Waals surface area contributed by atoms with Crippen molar-refractivity contribution in [2.75, 3.05) is 26.0 Å². The van der Waals surface area contributed by atoms with E-state index in [0.717, 1.165) is 5.75 Å². The molecule has 1 aromatic rings. The molecule has 1 aliphatic rings. The van der Waals surface area contributed by atoms with Crippen LogP contribution in [0.25, 0.3) is 0 Å². The maximum absolute atomic E-state index is 12.7. The van der Waals surface area contributed by atoms with Gasteiger partial charge in [-0.3, -0.25) is 0 Å². The number of sulfonamides is 1. The maximum atomic E-state index is 12.7. The van der Waals surface area contributed by atoms with E-state index >= 15 is 0 Å². The molecule has 0 saturated carbocycles. The van der Waals surface area contributed by atoms with E-state index in [9.17, 15) is 13.5 Å². The zero-order valence-electron chi connectivity index (χ0n) is 12.5. The third kappa shape index (κ3) is 3.53. The lowest BCUT2D eigenvalue weighted by atomic mass is 10.2. The number of methoxy groups -OCH3 is 1. The molecule has 1 heterocycles. The number of nitrogens with zero attached hydrogens (tertiary/aromatic N) is 1. The Morgan fingerprint density at radius 3 is 2.71 bits per heavy atom. The van der Waals surface area contributed by atoms with Crippen molar-refractivity contribution in [2.24, 2.45) is 0 Å². The average Bonchev–Trinajstić information content (AvgIpc) is 2.45. The van der Waals surface area contributed by atoms with Crippen molar-refractivity contribution in [2.45, 2.75) is 30.1 Å². The Morgan fingerprint density at radius 2 is 2.14 bits per heavy atom. The van der Waals surface area contributed by atoms with Gasteiger partial charge in [-0.15, -0.1) is 0 Å². The molecule has 2 rings (SSSR count). The second kappa shape index (κ2) is 6.16. The molecule has 5 nitrogen and oxygen atoms in total. The fourth-order valence-corrected chi connectivity index (χ4v) is 5.33. The minimum Gasteiger partial charge on any atom is -0.496 e. The van der Waals surface area contributed by atoms with Gasteiger partial charge in [0.25, 0.3) is 0 Å². The molecule has 0 spiro atoms. The van der Waals surface area contributed by atoms with Crippen LogP contribution in [-0.4, -0.2) is 48.5 Å². The standard InChI is InChI=1S/C14H21NO4S2/c1-14(2)10-15(6-7-20-14)21(17,18)12-4-5-13(19-3)11(8-12)9-16/h4-5,8,16H,6-7,9-10H2,1-3H3. The number of thioether (sulfide) groups is 1. The zero-order chi connectivity index (χ0) is 15.7. The largest absolute Gasteiger partial charge is 0.496 e. The number of aliphatic hydroxyl groups is 1. The Kier molecular flexibility index (Phi) is 4.87. The van der Waals surface area contributed by atoms with Crippen LogP contribution >= 0.6 is 11.8 Å². The number of ether oxygens (including phenoxy) is 1. The summed E-state index contributed by atoms with van der Waals surface area (Å²) in [6.07, 6.45) is 0. The zero-order valence-corrected chi connectivity index (χ0v) is 14.1. The fourth-order valence-electron chi connectivity index (χ4n) is 2.37. The number of rotatable bonds is 4. The number of hydrogen-bond acceptors (Lipinski definition) is 5. The summed E-state index contributed by atoms with van der Waals surface area (Å²) >= 11 is 1.78. The normalized spacial score (nSPS) is 19.4. The Morgan fingerprint density at radius 1 is 1.43 bits per heavy atom. The molecule has 1 aliphatic heterocycles. The highest BCUT2D eigenvalue weighted by Crippen LogP contribution is 2.33. The number of aliphatic hydroxyl groups excluding tert-OH is 1. The molecule has 0 aliphatic carbocycles. The van der Waals surface area contributed by atoms with Crippen LogP contribution in [-0.2, 0) is 16.6 Å². The Labute approximate surface area is 130 Å². The van der Waals surface area contributed by atoms with E-state index in [4.69, 9.17) is 4.74 Å². The lowest BCUT2D eigenvalue weighted by molar-refractivity contribution is 0.273. The summed E-state index contributed by atoms with van der Waals surface area (Å²) in [5.74, 6) is 1.28. The van der Waals surface area contributed by atoms with Crippen LogP contribution in [0.15, 0.2) is 23.1 Å². The molecule has 1 saturated heterocycles. The van der Waals surface area contributed by atoms with E-state index in [1.54, 1.807) is 17.8 Å². The second-order valence-electron chi connectivity index (χ2n) is 5.58. The Bertz CT molecular complexity index is 613. The highest BCUT2D eigenvalue weighted by molar-refractivity contribution is 8.00. The summed E-state index contributed by atoms with van der Waals surface area (Å²) in [5.41, 5.74) is 0.476. The van der Waals surface area contributed by atoms with Gasteiger partial charge in [-0.25, -0.2) is 8.42 Å². The van der Waals surface area contributed by atoms with Gasteiger partial charge in [0.05, 0.1) is 18.6 Å². The number of hydrogen-bond donors (Lipinski definition) is 1. The van der Waals surface area contributed by atoms with Crippen molar-refractivity contribution >= 4 is 21.8 Å². The van der Waals surface area contributed by atoms with E-state index < -0.39 is 10.0 Å². The van der Waals surface area contributed by atoms with Crippen LogP contribution in [0.2, 0.25) is 0 Å². The van der Waals surface area contributed by atoms with Gasteiger partial charge in [-0.2, -0.15) is 16.1 Å². The minimum atomic E-state index is -3.54. The minimum absolute atomic E-state index is 0.0857. The van der Waals surface area contributed by atoms with Crippen LogP contribution in [0.3, 0.4) is 0 Å². The molecule has 0 aromatic heterocycles. The van der Waals surface area contributed by atoms with E-state index in [2.05, 4.69) is 0 Å². The molecule has 1 fully saturated rings. The van der Waals surface area contributed by atoms with Gasteiger partial charge in [0.2, 0.25) is 10.0 Å². The van der Waals surface area contributed by atoms with Crippen molar-refractivity contribution in [3.05, 3.63) is 23.8 Å². The summed E-state index contributed by atoms with van der Waals surface area (Å²) < 4.78 is 32.0. The summed E-state index contributed by atoms with van der Waals surface area (Å²) in [6.45, 7) is 4.84. The van der Waals surface area contributed by atoms with Crippen molar-refractivity contribution in [1.82, 2.24) is 4.31 Å². The lowest BCUT2D eigenvalue weighted by Crippen LogP contribution is -2.46. The van der Waals surface area contributed by atoms with E-state index in [-0.39, 0.29) is 16.2 Å². The van der Waals surface area contributed by atoms with Crippen LogP contribution in [0.1, 0.15) is 19.4 Å². The molecule has 21 heavy (non-hydrogen) atoms. The molecule has 7 heteroatoms. The summed E-state index contributed by atoms with van der Waals surface area (Å²) in [4.78, 5) is 0.204. The first-order valence-electron chi connectivity index (χ1n) is 6.72. The predicted molar refractivity (Wildman–Crippen MR) is 84.2 cm³/mol. The maximum Gasteiger partial charge on any atom is 0.243 e. The van der Waals surface area contributed by atoms with Crippen molar-refractivity contribution in [1.29, 1.82) is 0 Å². The molecule has 0 unspecified atom stereocenters. The molecule has 0 amide bonds. The van der Waals surface area contributed by atoms with Crippen molar-refractivity contribution < 1.29 is 18.3 Å². The van der Waals surface area contributed by atoms with Crippen LogP contribution in [0.5, 0.6) is 5.75 Å². The Balaban J connectivity index is 2.35. The van der Waals surface area contributed by atoms with Gasteiger partial charge in [0, 0.05) is 29.2 Å². The van der Waals surface area contributed by atoms with Gasteiger partial charge in [0.15, 0.2) is 0 Å². The molecular formula is C14H21NO4S2. The third-order valence-electron chi connectivity index (χ3n) is 3.45. The molecule has 118 valence electrons. The molecular weight excluding hydrogens is 310 g/mol. The lowest BCUT2D eigenvalue weighted by Gasteiger charge is -2.36. The quantitative estimate of drug-likeness (QED) is 0.910. The van der Waals surface area contributed by atoms with Gasteiger partial charge in [-0.05, 0) is 32.0 Å². The van der Waals surface area contributed by atoms with Crippen LogP contribution < -0.4 is 4.74 Å². The average molecular weight is 331 g/mol. The number of benzene rings is 1. The van der Waals surface area contributed by atoms with E-state index in [0.29, 0.717) is 24.4 Å². The van der Waals surface area contributed by atoms with Crippen LogP contribution in [0.4, 0.5) is 0 Å².